The summed E-state index contributed by atoms with van der Waals surface area (Å²) in [7, 11) is 2.87. The third kappa shape index (κ3) is 4.69. The van der Waals surface area contributed by atoms with Crippen molar-refractivity contribution >= 4 is 21.8 Å². The molecule has 0 aliphatic heterocycles. The molecule has 2 aromatic heterocycles. The van der Waals surface area contributed by atoms with Gasteiger partial charge in [-0.2, -0.15) is 26.3 Å². The lowest BCUT2D eigenvalue weighted by molar-refractivity contribution is -0.141. The molecule has 0 radical (unpaired) electrons. The maximum Gasteiger partial charge on any atom is 0.433 e. The topological polar surface area (TPSA) is 44.2 Å². The number of fused-ring (bicyclic) bond motifs is 2. The number of methoxy groups -OCH3 is 2. The first-order chi connectivity index (χ1) is 18.0. The van der Waals surface area contributed by atoms with E-state index in [0.717, 1.165) is 0 Å². The molecule has 0 N–H and O–H groups in total. The average Bonchev–Trinajstić information content (AvgIpc) is 2.90. The predicted octanol–water partition coefficient (Wildman–Crippen LogP) is 8.17. The van der Waals surface area contributed by atoms with Crippen molar-refractivity contribution < 1.29 is 35.8 Å². The SMILES string of the molecule is COc1ccc2nc(C(F)(F)F)c(-c3ccc(-c4cc5cc(OC)ccc5nc4C(F)(F)F)cc3)cc2c1. The molecule has 0 aliphatic rings. The maximum absolute atomic E-state index is 13.9. The normalized spacial score (nSPS) is 12.2. The van der Waals surface area contributed by atoms with Gasteiger partial charge in [-0.1, -0.05) is 24.3 Å². The Morgan fingerprint density at radius 1 is 0.526 bits per heavy atom. The molecule has 0 aliphatic carbocycles. The van der Waals surface area contributed by atoms with Crippen molar-refractivity contribution in [2.75, 3.05) is 14.2 Å². The van der Waals surface area contributed by atoms with Crippen molar-refractivity contribution in [3.8, 4) is 33.8 Å². The van der Waals surface area contributed by atoms with Gasteiger partial charge in [0.05, 0.1) is 25.3 Å². The highest BCUT2D eigenvalue weighted by Gasteiger charge is 2.37. The van der Waals surface area contributed by atoms with Gasteiger partial charge in [0, 0.05) is 21.9 Å². The van der Waals surface area contributed by atoms with Crippen LogP contribution in [0.3, 0.4) is 0 Å². The number of hydrogen-bond acceptors (Lipinski definition) is 4. The molecule has 2 heterocycles. The summed E-state index contributed by atoms with van der Waals surface area (Å²) < 4.78 is 93.8. The number of halogens is 6. The Kier molecular flexibility index (Phi) is 6.13. The van der Waals surface area contributed by atoms with Gasteiger partial charge < -0.3 is 9.47 Å². The Bertz CT molecular complexity index is 1540. The largest absolute Gasteiger partial charge is 0.497 e. The Morgan fingerprint density at radius 3 is 1.21 bits per heavy atom. The summed E-state index contributed by atoms with van der Waals surface area (Å²) >= 11 is 0. The van der Waals surface area contributed by atoms with Crippen LogP contribution >= 0.6 is 0 Å². The molecule has 0 atom stereocenters. The van der Waals surface area contributed by atoms with Gasteiger partial charge in [-0.05, 0) is 59.7 Å². The molecular formula is C28H18F6N2O2. The zero-order valence-electron chi connectivity index (χ0n) is 19.9. The average molecular weight is 528 g/mol. The van der Waals surface area contributed by atoms with Crippen LogP contribution in [-0.2, 0) is 12.4 Å². The molecule has 0 saturated carbocycles. The molecule has 38 heavy (non-hydrogen) atoms. The van der Waals surface area contributed by atoms with Crippen LogP contribution in [-0.4, -0.2) is 24.2 Å². The van der Waals surface area contributed by atoms with Gasteiger partial charge in [-0.3, -0.25) is 0 Å². The minimum Gasteiger partial charge on any atom is -0.497 e. The first kappa shape index (κ1) is 25.3. The molecule has 5 rings (SSSR count). The van der Waals surface area contributed by atoms with E-state index in [1.54, 1.807) is 12.1 Å². The molecule has 0 saturated heterocycles. The number of benzene rings is 3. The number of nitrogens with zero attached hydrogens (tertiary/aromatic N) is 2. The van der Waals surface area contributed by atoms with Crippen molar-refractivity contribution in [3.05, 3.63) is 84.2 Å². The molecule has 0 unspecified atom stereocenters. The number of ether oxygens (including phenoxy) is 2. The summed E-state index contributed by atoms with van der Waals surface area (Å²) in [4.78, 5) is 7.65. The second-order valence-corrected chi connectivity index (χ2v) is 8.46. The molecule has 0 bridgehead atoms. The lowest BCUT2D eigenvalue weighted by Crippen LogP contribution is -2.11. The molecule has 3 aromatic carbocycles. The Balaban J connectivity index is 1.66. The van der Waals surface area contributed by atoms with Crippen LogP contribution in [0.1, 0.15) is 11.4 Å². The van der Waals surface area contributed by atoms with E-state index in [-0.39, 0.29) is 33.3 Å². The highest BCUT2D eigenvalue weighted by molar-refractivity contribution is 5.88. The minimum absolute atomic E-state index is 0.131. The summed E-state index contributed by atoms with van der Waals surface area (Å²) in [6, 6.07) is 17.0. The van der Waals surface area contributed by atoms with E-state index in [4.69, 9.17) is 9.47 Å². The number of aromatic nitrogens is 2. The van der Waals surface area contributed by atoms with Crippen LogP contribution in [0.25, 0.3) is 44.1 Å². The lowest BCUT2D eigenvalue weighted by atomic mass is 9.96. The number of alkyl halides is 6. The zero-order chi connectivity index (χ0) is 27.2. The Labute approximate surface area is 212 Å². The maximum atomic E-state index is 13.9. The second-order valence-electron chi connectivity index (χ2n) is 8.46. The smallest absolute Gasteiger partial charge is 0.433 e. The van der Waals surface area contributed by atoms with E-state index in [1.165, 1.54) is 74.9 Å². The Morgan fingerprint density at radius 2 is 0.895 bits per heavy atom. The monoisotopic (exact) mass is 528 g/mol. The molecular weight excluding hydrogens is 510 g/mol. The van der Waals surface area contributed by atoms with Crippen LogP contribution in [0.2, 0.25) is 0 Å². The fourth-order valence-corrected chi connectivity index (χ4v) is 4.26. The second kappa shape index (κ2) is 9.20. The number of hydrogen-bond donors (Lipinski definition) is 0. The van der Waals surface area contributed by atoms with Gasteiger partial charge in [0.25, 0.3) is 0 Å². The van der Waals surface area contributed by atoms with E-state index in [1.807, 2.05) is 0 Å². The van der Waals surface area contributed by atoms with Crippen LogP contribution in [0.15, 0.2) is 72.8 Å². The summed E-state index contributed by atoms with van der Waals surface area (Å²) in [6.45, 7) is 0. The molecule has 0 spiro atoms. The van der Waals surface area contributed by atoms with Gasteiger partial charge in [0.1, 0.15) is 11.5 Å². The fraction of sp³-hybridized carbons (Fsp3) is 0.143. The third-order valence-electron chi connectivity index (χ3n) is 6.09. The standard InChI is InChI=1S/C28H18F6N2O2/c1-37-19-7-9-23-17(11-19)13-21(25(35-23)27(29,30)31)15-3-5-16(6-4-15)22-14-18-12-20(38-2)8-10-24(18)36-26(22)28(32,33)34/h3-14H,1-2H3. The van der Waals surface area contributed by atoms with Crippen molar-refractivity contribution in [1.82, 2.24) is 9.97 Å². The first-order valence-electron chi connectivity index (χ1n) is 11.2. The quantitative estimate of drug-likeness (QED) is 0.221. The zero-order valence-corrected chi connectivity index (χ0v) is 19.9. The van der Waals surface area contributed by atoms with E-state index >= 15 is 0 Å². The molecule has 0 fully saturated rings. The van der Waals surface area contributed by atoms with Crippen molar-refractivity contribution in [2.24, 2.45) is 0 Å². The van der Waals surface area contributed by atoms with Gasteiger partial charge in [-0.15, -0.1) is 0 Å². The molecule has 10 heteroatoms. The lowest BCUT2D eigenvalue weighted by Gasteiger charge is -2.16. The Hall–Kier alpha value is -4.34. The van der Waals surface area contributed by atoms with Crippen LogP contribution in [0.5, 0.6) is 11.5 Å². The van der Waals surface area contributed by atoms with Gasteiger partial charge >= 0.3 is 12.4 Å². The van der Waals surface area contributed by atoms with Crippen LogP contribution < -0.4 is 9.47 Å². The van der Waals surface area contributed by atoms with Crippen molar-refractivity contribution in [2.45, 2.75) is 12.4 Å². The summed E-state index contributed by atoms with van der Waals surface area (Å²) in [5.74, 6) is 0.890. The summed E-state index contributed by atoms with van der Waals surface area (Å²) in [5, 5.41) is 0.840. The minimum atomic E-state index is -4.76. The van der Waals surface area contributed by atoms with E-state index < -0.39 is 23.7 Å². The highest BCUT2D eigenvalue weighted by atomic mass is 19.4. The summed E-state index contributed by atoms with van der Waals surface area (Å²) in [5.41, 5.74) is -2.07. The predicted molar refractivity (Wildman–Crippen MR) is 131 cm³/mol. The van der Waals surface area contributed by atoms with Gasteiger partial charge in [-0.25, -0.2) is 9.97 Å². The van der Waals surface area contributed by atoms with Crippen LogP contribution in [0.4, 0.5) is 26.3 Å². The number of pyridine rings is 2. The molecule has 4 nitrogen and oxygen atoms in total. The molecule has 5 aromatic rings. The highest BCUT2D eigenvalue weighted by Crippen LogP contribution is 2.41. The molecule has 0 amide bonds. The van der Waals surface area contributed by atoms with Gasteiger partial charge in [0.2, 0.25) is 0 Å². The van der Waals surface area contributed by atoms with Crippen molar-refractivity contribution in [3.63, 3.8) is 0 Å². The van der Waals surface area contributed by atoms with E-state index in [9.17, 15) is 26.3 Å². The third-order valence-corrected chi connectivity index (χ3v) is 6.09. The number of rotatable bonds is 4. The first-order valence-corrected chi connectivity index (χ1v) is 11.2. The fourth-order valence-electron chi connectivity index (χ4n) is 4.26. The van der Waals surface area contributed by atoms with Gasteiger partial charge in [0.15, 0.2) is 11.4 Å². The van der Waals surface area contributed by atoms with Crippen molar-refractivity contribution in [1.29, 1.82) is 0 Å². The van der Waals surface area contributed by atoms with Crippen LogP contribution in [0, 0.1) is 0 Å². The van der Waals surface area contributed by atoms with E-state index in [0.29, 0.717) is 22.3 Å². The van der Waals surface area contributed by atoms with E-state index in [2.05, 4.69) is 9.97 Å². The summed E-state index contributed by atoms with van der Waals surface area (Å²) in [6.07, 6.45) is -9.51. The molecule has 194 valence electrons.